The maximum atomic E-state index is 15.9. The molecule has 0 atom stereocenters. The number of hydrogen-bond acceptors (Lipinski definition) is 14. The first-order chi connectivity index (χ1) is 31.7. The summed E-state index contributed by atoms with van der Waals surface area (Å²) in [5, 5.41) is 25.9. The number of carbonyl (C=O) groups is 2. The molecule has 1 amide bonds. The zero-order chi connectivity index (χ0) is 48.7. The van der Waals surface area contributed by atoms with Crippen LogP contribution in [0.25, 0.3) is 22.5 Å². The molecule has 0 aliphatic heterocycles. The van der Waals surface area contributed by atoms with Crippen molar-refractivity contribution in [2.75, 3.05) is 40.2 Å². The van der Waals surface area contributed by atoms with Crippen molar-refractivity contribution in [3.8, 4) is 39.8 Å². The van der Waals surface area contributed by atoms with Gasteiger partial charge >= 0.3 is 12.1 Å². The predicted octanol–water partition coefficient (Wildman–Crippen LogP) is 5.86. The van der Waals surface area contributed by atoms with Crippen LogP contribution in [0.3, 0.4) is 0 Å². The molecule has 0 fully saturated rings. The molecule has 0 saturated carbocycles. The fraction of sp³-hybridized carbons (Fsp3) is 0.283. The van der Waals surface area contributed by atoms with E-state index in [4.69, 9.17) is 24.7 Å². The van der Waals surface area contributed by atoms with Gasteiger partial charge < -0.3 is 35.1 Å². The molecule has 21 heteroatoms. The molecule has 1 aromatic heterocycles. The van der Waals surface area contributed by atoms with Gasteiger partial charge in [0.25, 0.3) is 0 Å². The van der Waals surface area contributed by atoms with E-state index in [0.29, 0.717) is 33.9 Å². The van der Waals surface area contributed by atoms with Gasteiger partial charge in [-0.05, 0) is 103 Å². The van der Waals surface area contributed by atoms with Crippen molar-refractivity contribution in [3.05, 3.63) is 125 Å². The van der Waals surface area contributed by atoms with Gasteiger partial charge in [-0.3, -0.25) is 0 Å². The minimum Gasteiger partial charge on any atom is -0.497 e. The summed E-state index contributed by atoms with van der Waals surface area (Å²) in [6.45, 7) is 5.45. The number of anilines is 1. The topological polar surface area (TPSA) is 256 Å². The zero-order valence-electron chi connectivity index (χ0n) is 37.9. The van der Waals surface area contributed by atoms with Crippen LogP contribution < -0.4 is 30.0 Å². The largest absolute Gasteiger partial charge is 0.497 e. The molecule has 6 aromatic rings. The molecular weight excluding hydrogens is 905 g/mol. The second-order valence-corrected chi connectivity index (χ2v) is 19.7. The Hall–Kier alpha value is -7.07. The first-order valence-electron chi connectivity index (χ1n) is 20.7. The molecule has 5 N–H and O–H groups in total. The van der Waals surface area contributed by atoms with E-state index in [1.807, 2.05) is 0 Å². The SMILES string of the molecule is COc1ccc(CN(Cc2ccc(OC)cc2)S(=O)(=O)c2c(S(=O)(=O)NCCNC(=O)OC(C)(C)C)ccc(-c3ccc(C)c(C(=O)O)c3N)c2-c2nnn(Cc3ccc(OC)cc3)n2)cc1. The maximum absolute atomic E-state index is 15.9. The van der Waals surface area contributed by atoms with Gasteiger partial charge in [0.1, 0.15) is 32.6 Å². The molecule has 0 bridgehead atoms. The first kappa shape index (κ1) is 49.4. The molecule has 6 rings (SSSR count). The Bertz CT molecular complexity index is 2910. The van der Waals surface area contributed by atoms with Crippen LogP contribution in [0.2, 0.25) is 0 Å². The van der Waals surface area contributed by atoms with Crippen LogP contribution in [0.4, 0.5) is 10.5 Å². The maximum Gasteiger partial charge on any atom is 0.407 e. The van der Waals surface area contributed by atoms with Crippen molar-refractivity contribution in [3.63, 3.8) is 0 Å². The molecule has 1 heterocycles. The smallest absolute Gasteiger partial charge is 0.407 e. The number of benzene rings is 5. The first-order valence-corrected chi connectivity index (χ1v) is 23.6. The molecule has 0 aliphatic carbocycles. The monoisotopic (exact) mass is 956 g/mol. The van der Waals surface area contributed by atoms with Crippen molar-refractivity contribution in [2.24, 2.45) is 0 Å². The third kappa shape index (κ3) is 11.9. The lowest BCUT2D eigenvalue weighted by Gasteiger charge is -2.26. The molecule has 67 heavy (non-hydrogen) atoms. The number of carbonyl (C=O) groups excluding carboxylic acids is 1. The number of tetrazole rings is 1. The lowest BCUT2D eigenvalue weighted by molar-refractivity contribution is 0.0528. The van der Waals surface area contributed by atoms with E-state index >= 15 is 8.42 Å². The van der Waals surface area contributed by atoms with Gasteiger partial charge in [-0.15, -0.1) is 10.2 Å². The van der Waals surface area contributed by atoms with Gasteiger partial charge in [0.15, 0.2) is 0 Å². The van der Waals surface area contributed by atoms with Crippen molar-refractivity contribution >= 4 is 37.8 Å². The minimum absolute atomic E-state index is 0.0121. The number of hydrogen-bond donors (Lipinski definition) is 4. The molecule has 0 saturated heterocycles. The van der Waals surface area contributed by atoms with Gasteiger partial charge in [0, 0.05) is 31.7 Å². The number of nitrogens with two attached hydrogens (primary N) is 1. The van der Waals surface area contributed by atoms with Crippen molar-refractivity contribution in [1.82, 2.24) is 34.6 Å². The Labute approximate surface area is 388 Å². The van der Waals surface area contributed by atoms with E-state index in [2.05, 4.69) is 25.4 Å². The van der Waals surface area contributed by atoms with Gasteiger partial charge in [-0.25, -0.2) is 31.1 Å². The summed E-state index contributed by atoms with van der Waals surface area (Å²) in [6, 6.07) is 25.8. The average Bonchev–Trinajstić information content (AvgIpc) is 3.75. The molecule has 0 spiro atoms. The number of rotatable bonds is 19. The molecule has 5 aromatic carbocycles. The van der Waals surface area contributed by atoms with Crippen LogP contribution in [-0.2, 0) is 44.4 Å². The number of aromatic carboxylic acids is 1. The number of alkyl carbamates (subject to hydrolysis) is 1. The Morgan fingerprint density at radius 2 is 1.27 bits per heavy atom. The number of nitrogens with zero attached hydrogens (tertiary/aromatic N) is 5. The molecule has 19 nitrogen and oxygen atoms in total. The fourth-order valence-corrected chi connectivity index (χ4v) is 10.4. The summed E-state index contributed by atoms with van der Waals surface area (Å²) in [5.74, 6) is -0.0268. The highest BCUT2D eigenvalue weighted by Gasteiger charge is 2.38. The van der Waals surface area contributed by atoms with Crippen molar-refractivity contribution < 1.29 is 50.5 Å². The Morgan fingerprint density at radius 3 is 1.78 bits per heavy atom. The fourth-order valence-electron chi connectivity index (χ4n) is 7.00. The Balaban J connectivity index is 1.62. The lowest BCUT2D eigenvalue weighted by atomic mass is 9.93. The molecule has 0 aliphatic rings. The number of carboxylic acids is 1. The quantitative estimate of drug-likeness (QED) is 0.0547. The number of aryl methyl sites for hydroxylation is 1. The second kappa shape index (κ2) is 20.6. The average molecular weight is 957 g/mol. The normalized spacial score (nSPS) is 11.9. The summed E-state index contributed by atoms with van der Waals surface area (Å²) in [6.07, 6.45) is -0.797. The van der Waals surface area contributed by atoms with E-state index < -0.39 is 47.5 Å². The number of aromatic nitrogens is 4. The molecular formula is C46H52N8O11S2. The standard InChI is InChI=1S/C46H52N8O11S2/c1-29-8-21-37(41(47)39(29)44(55)56)36-22-23-38(66(58,59)49-25-24-48-45(57)65-46(2,3)4)42(40(36)43-50-52-54(51-43)28-32-13-19-35(64-7)20-14-32)67(60,61)53(26-30-9-15-33(62-5)16-10-30)27-31-11-17-34(63-6)18-12-31/h8-23,49H,24-28,47H2,1-7H3,(H,48,57)(H,55,56). The van der Waals surface area contributed by atoms with Gasteiger partial charge in [0.05, 0.1) is 44.7 Å². The Morgan fingerprint density at radius 1 is 0.746 bits per heavy atom. The van der Waals surface area contributed by atoms with E-state index in [-0.39, 0.29) is 66.5 Å². The van der Waals surface area contributed by atoms with Crippen LogP contribution in [-0.4, -0.2) is 98.5 Å². The molecule has 354 valence electrons. The summed E-state index contributed by atoms with van der Waals surface area (Å²) >= 11 is 0. The number of nitrogens with one attached hydrogen (secondary N) is 2. The van der Waals surface area contributed by atoms with E-state index in [9.17, 15) is 23.1 Å². The van der Waals surface area contributed by atoms with Crippen LogP contribution in [0.5, 0.6) is 17.2 Å². The summed E-state index contributed by atoms with van der Waals surface area (Å²) in [4.78, 5) is 24.8. The number of nitrogen functional groups attached to an aromatic ring is 1. The molecule has 0 radical (unpaired) electrons. The Kier molecular flexibility index (Phi) is 15.2. The van der Waals surface area contributed by atoms with Gasteiger partial charge in [-0.1, -0.05) is 54.6 Å². The predicted molar refractivity (Wildman–Crippen MR) is 249 cm³/mol. The van der Waals surface area contributed by atoms with E-state index in [1.165, 1.54) is 44.3 Å². The van der Waals surface area contributed by atoms with Gasteiger partial charge in [-0.2, -0.15) is 9.10 Å². The lowest BCUT2D eigenvalue weighted by Crippen LogP contribution is -2.38. The highest BCUT2D eigenvalue weighted by molar-refractivity contribution is 7.92. The summed E-state index contributed by atoms with van der Waals surface area (Å²) in [7, 11) is -5.35. The number of methoxy groups -OCH3 is 3. The van der Waals surface area contributed by atoms with Crippen molar-refractivity contribution in [1.29, 1.82) is 0 Å². The third-order valence-electron chi connectivity index (χ3n) is 10.2. The van der Waals surface area contributed by atoms with Crippen LogP contribution in [0, 0.1) is 6.92 Å². The van der Waals surface area contributed by atoms with Gasteiger partial charge in [0.2, 0.25) is 25.9 Å². The minimum atomic E-state index is -5.05. The highest BCUT2D eigenvalue weighted by Crippen LogP contribution is 2.44. The number of amides is 1. The second-order valence-electron chi connectivity index (χ2n) is 16.1. The van der Waals surface area contributed by atoms with E-state index in [0.717, 1.165) is 15.9 Å². The van der Waals surface area contributed by atoms with E-state index in [1.54, 1.807) is 100 Å². The van der Waals surface area contributed by atoms with Crippen LogP contribution in [0.1, 0.15) is 53.4 Å². The third-order valence-corrected chi connectivity index (χ3v) is 13.8. The van der Waals surface area contributed by atoms with Crippen LogP contribution in [0.15, 0.2) is 107 Å². The van der Waals surface area contributed by atoms with Crippen LogP contribution >= 0.6 is 0 Å². The number of ether oxygens (including phenoxy) is 4. The highest BCUT2D eigenvalue weighted by atomic mass is 32.2. The number of sulfonamides is 2. The summed E-state index contributed by atoms with van der Waals surface area (Å²) in [5.41, 5.74) is 7.10. The summed E-state index contributed by atoms with van der Waals surface area (Å²) < 4.78 is 86.1. The number of carboxylic acid groups (broad SMARTS) is 1. The zero-order valence-corrected chi connectivity index (χ0v) is 39.6. The van der Waals surface area contributed by atoms with Crippen molar-refractivity contribution in [2.45, 2.75) is 62.7 Å². The molecule has 0 unspecified atom stereocenters.